The van der Waals surface area contributed by atoms with Gasteiger partial charge >= 0.3 is 0 Å². The van der Waals surface area contributed by atoms with Crippen molar-refractivity contribution in [3.05, 3.63) is 27.1 Å². The highest BCUT2D eigenvalue weighted by Gasteiger charge is 2.23. The van der Waals surface area contributed by atoms with Crippen LogP contribution in [0, 0.1) is 0 Å². The molecule has 0 bridgehead atoms. The topological polar surface area (TPSA) is 31.2 Å². The number of ether oxygens (including phenoxy) is 1. The summed E-state index contributed by atoms with van der Waals surface area (Å²) in [7, 11) is 1.51. The van der Waals surface area contributed by atoms with Crippen LogP contribution in [0.1, 0.15) is 18.9 Å². The van der Waals surface area contributed by atoms with Crippen molar-refractivity contribution in [1.82, 2.24) is 4.57 Å². The molecule has 4 heteroatoms. The molecule has 0 N–H and O–H groups in total. The first kappa shape index (κ1) is 8.81. The van der Waals surface area contributed by atoms with Crippen molar-refractivity contribution in [1.29, 1.82) is 0 Å². The third-order valence-electron chi connectivity index (χ3n) is 2.16. The monoisotopic (exact) mass is 243 g/mol. The van der Waals surface area contributed by atoms with Crippen LogP contribution in [-0.4, -0.2) is 11.7 Å². The van der Waals surface area contributed by atoms with E-state index >= 15 is 0 Å². The van der Waals surface area contributed by atoms with E-state index in [2.05, 4.69) is 15.9 Å². The Morgan fingerprint density at radius 3 is 2.77 bits per heavy atom. The van der Waals surface area contributed by atoms with Gasteiger partial charge in [0.25, 0.3) is 0 Å². The van der Waals surface area contributed by atoms with Crippen molar-refractivity contribution in [3.63, 3.8) is 0 Å². The van der Waals surface area contributed by atoms with Gasteiger partial charge in [0.1, 0.15) is 0 Å². The molecule has 0 radical (unpaired) electrons. The van der Waals surface area contributed by atoms with Gasteiger partial charge in [-0.3, -0.25) is 4.79 Å². The van der Waals surface area contributed by atoms with Gasteiger partial charge < -0.3 is 9.30 Å². The first-order valence-corrected chi connectivity index (χ1v) is 4.97. The molecule has 1 heterocycles. The molecule has 0 spiro atoms. The predicted octanol–water partition coefficient (Wildman–Crippen LogP) is 1.95. The van der Waals surface area contributed by atoms with Gasteiger partial charge in [-0.2, -0.15) is 0 Å². The second kappa shape index (κ2) is 3.18. The number of methoxy groups -OCH3 is 1. The fourth-order valence-electron chi connectivity index (χ4n) is 1.27. The first-order valence-electron chi connectivity index (χ1n) is 4.17. The summed E-state index contributed by atoms with van der Waals surface area (Å²) in [6, 6.07) is 0.561. The number of nitrogens with zero attached hydrogens (tertiary/aromatic N) is 1. The smallest absolute Gasteiger partial charge is 0.237 e. The zero-order valence-electron chi connectivity index (χ0n) is 7.29. The molecule has 0 saturated heterocycles. The van der Waals surface area contributed by atoms with Crippen molar-refractivity contribution in [2.75, 3.05) is 7.11 Å². The van der Waals surface area contributed by atoms with E-state index in [9.17, 15) is 4.79 Å². The Balaban J connectivity index is 2.50. The van der Waals surface area contributed by atoms with E-state index in [1.165, 1.54) is 20.0 Å². The second-order valence-electron chi connectivity index (χ2n) is 3.18. The van der Waals surface area contributed by atoms with Gasteiger partial charge in [0.05, 0.1) is 17.8 Å². The Kier molecular flexibility index (Phi) is 2.15. The minimum absolute atomic E-state index is 0.0839. The molecule has 0 aromatic carbocycles. The average molecular weight is 244 g/mol. The summed E-state index contributed by atoms with van der Waals surface area (Å²) in [6.45, 7) is 0. The molecule has 1 aromatic rings. The van der Waals surface area contributed by atoms with Crippen LogP contribution in [0.3, 0.4) is 0 Å². The maximum Gasteiger partial charge on any atom is 0.237 e. The number of hydrogen-bond donors (Lipinski definition) is 0. The third-order valence-corrected chi connectivity index (χ3v) is 2.72. The lowest BCUT2D eigenvalue weighted by Gasteiger charge is -2.07. The average Bonchev–Trinajstić information content (AvgIpc) is 2.92. The van der Waals surface area contributed by atoms with Gasteiger partial charge in [0.15, 0.2) is 5.75 Å². The molecule has 1 aliphatic rings. The molecular weight excluding hydrogens is 234 g/mol. The van der Waals surface area contributed by atoms with Crippen molar-refractivity contribution in [2.24, 2.45) is 0 Å². The molecule has 70 valence electrons. The SMILES string of the molecule is COc1cn(C2CC2)cc(Br)c1=O. The van der Waals surface area contributed by atoms with E-state index in [1.807, 2.05) is 10.8 Å². The van der Waals surface area contributed by atoms with Gasteiger partial charge in [-0.1, -0.05) is 0 Å². The Morgan fingerprint density at radius 1 is 1.54 bits per heavy atom. The summed E-state index contributed by atoms with van der Waals surface area (Å²) >= 11 is 3.22. The number of aromatic nitrogens is 1. The van der Waals surface area contributed by atoms with E-state index in [0.29, 0.717) is 16.3 Å². The predicted molar refractivity (Wildman–Crippen MR) is 53.2 cm³/mol. The summed E-state index contributed by atoms with van der Waals surface area (Å²) < 4.78 is 7.58. The van der Waals surface area contributed by atoms with Crippen molar-refractivity contribution < 1.29 is 4.74 Å². The van der Waals surface area contributed by atoms with Crippen LogP contribution in [-0.2, 0) is 0 Å². The van der Waals surface area contributed by atoms with E-state index in [0.717, 1.165) is 0 Å². The normalized spacial score (nSPS) is 15.8. The summed E-state index contributed by atoms with van der Waals surface area (Å²) in [5.41, 5.74) is -0.0839. The Labute approximate surface area is 84.5 Å². The molecule has 3 nitrogen and oxygen atoms in total. The van der Waals surface area contributed by atoms with E-state index in [4.69, 9.17) is 4.74 Å². The molecular formula is C9H10BrNO2. The largest absolute Gasteiger partial charge is 0.491 e. The maximum atomic E-state index is 11.4. The summed E-state index contributed by atoms with van der Waals surface area (Å²) in [5, 5.41) is 0. The van der Waals surface area contributed by atoms with Crippen LogP contribution < -0.4 is 10.2 Å². The van der Waals surface area contributed by atoms with Crippen LogP contribution in [0.15, 0.2) is 21.7 Å². The van der Waals surface area contributed by atoms with Crippen LogP contribution in [0.5, 0.6) is 5.75 Å². The zero-order valence-corrected chi connectivity index (χ0v) is 8.87. The highest BCUT2D eigenvalue weighted by molar-refractivity contribution is 9.10. The minimum Gasteiger partial charge on any atom is -0.491 e. The third kappa shape index (κ3) is 1.63. The molecule has 13 heavy (non-hydrogen) atoms. The number of pyridine rings is 1. The maximum absolute atomic E-state index is 11.4. The molecule has 1 fully saturated rings. The van der Waals surface area contributed by atoms with Crippen LogP contribution in [0.25, 0.3) is 0 Å². The van der Waals surface area contributed by atoms with Crippen LogP contribution in [0.2, 0.25) is 0 Å². The lowest BCUT2D eigenvalue weighted by atomic mass is 10.4. The Bertz CT molecular complexity index is 382. The summed E-state index contributed by atoms with van der Waals surface area (Å²) in [4.78, 5) is 11.4. The van der Waals surface area contributed by atoms with Gasteiger partial charge in [-0.25, -0.2) is 0 Å². The molecule has 1 aliphatic carbocycles. The number of halogens is 1. The van der Waals surface area contributed by atoms with Crippen molar-refractivity contribution in [2.45, 2.75) is 18.9 Å². The molecule has 0 atom stereocenters. The Morgan fingerprint density at radius 2 is 2.23 bits per heavy atom. The van der Waals surface area contributed by atoms with E-state index in [-0.39, 0.29) is 5.43 Å². The van der Waals surface area contributed by atoms with E-state index < -0.39 is 0 Å². The number of rotatable bonds is 2. The molecule has 1 aromatic heterocycles. The van der Waals surface area contributed by atoms with Crippen LogP contribution >= 0.6 is 15.9 Å². The molecule has 1 saturated carbocycles. The lowest BCUT2D eigenvalue weighted by Crippen LogP contribution is -2.10. The highest BCUT2D eigenvalue weighted by atomic mass is 79.9. The summed E-state index contributed by atoms with van der Waals surface area (Å²) in [6.07, 6.45) is 5.98. The van der Waals surface area contributed by atoms with Gasteiger partial charge in [0, 0.05) is 12.2 Å². The number of hydrogen-bond acceptors (Lipinski definition) is 2. The molecule has 0 amide bonds. The quantitative estimate of drug-likeness (QED) is 0.796. The van der Waals surface area contributed by atoms with Gasteiger partial charge in [-0.15, -0.1) is 0 Å². The fourth-order valence-corrected chi connectivity index (χ4v) is 1.70. The zero-order chi connectivity index (χ0) is 9.42. The van der Waals surface area contributed by atoms with E-state index in [1.54, 1.807) is 6.20 Å². The van der Waals surface area contributed by atoms with Crippen molar-refractivity contribution in [3.8, 4) is 5.75 Å². The molecule has 0 unspecified atom stereocenters. The fraction of sp³-hybridized carbons (Fsp3) is 0.444. The summed E-state index contributed by atoms with van der Waals surface area (Å²) in [5.74, 6) is 0.404. The van der Waals surface area contributed by atoms with Gasteiger partial charge in [0.2, 0.25) is 5.43 Å². The first-order chi connectivity index (χ1) is 6.22. The van der Waals surface area contributed by atoms with Crippen LogP contribution in [0.4, 0.5) is 0 Å². The second-order valence-corrected chi connectivity index (χ2v) is 4.04. The highest BCUT2D eigenvalue weighted by Crippen LogP contribution is 2.35. The molecule has 0 aliphatic heterocycles. The lowest BCUT2D eigenvalue weighted by molar-refractivity contribution is 0.404. The minimum atomic E-state index is -0.0839. The molecule has 2 rings (SSSR count). The Hall–Kier alpha value is -0.770. The van der Waals surface area contributed by atoms with Gasteiger partial charge in [-0.05, 0) is 28.8 Å². The van der Waals surface area contributed by atoms with Crippen molar-refractivity contribution >= 4 is 15.9 Å². The standard InChI is InChI=1S/C9H10BrNO2/c1-13-8-5-11(6-2-3-6)4-7(10)9(8)12/h4-6H,2-3H2,1H3.